The number of carbonyl (C=O) groups is 4. The monoisotopic (exact) mass is 1770 g/mol. The van der Waals surface area contributed by atoms with Crippen LogP contribution in [0.4, 0.5) is 11.4 Å². The van der Waals surface area contributed by atoms with Gasteiger partial charge in [0.15, 0.2) is 11.6 Å². The van der Waals surface area contributed by atoms with Crippen LogP contribution in [-0.4, -0.2) is 23.4 Å². The number of nitrogens with one attached hydrogen (secondary N) is 2. The molecule has 134 heavy (non-hydrogen) atoms. The Hall–Kier alpha value is -12.4. The molecule has 1 aliphatic rings. The van der Waals surface area contributed by atoms with Crippen LogP contribution < -0.4 is 10.6 Å². The first-order valence-electron chi connectivity index (χ1n) is 50.1. The molecule has 0 saturated carbocycles. The topological polar surface area (TPSA) is 92.3 Å². The standard InChI is InChI=1S/C128H142N2O4/c1-11-93(97-48-26-15-27-49-97)78-110(101-56-34-19-35-57-101)82-114(105-64-42-23-43-65-105)86-117(85-113(104-62-40-22-41-63-104)81-96(14-4)100-54-32-18-33-55-100)108-70-74-119(75-71-108)129-121(131)89-127(7,8)123-91(5)126(134)124(92(6)125(123)133)128(9,10)90-122(132)130-120-76-72-109(73-77-120)118(87-115(106-66-44-24-45-67-106)83-111(102-58-36-20-37-59-102)79-94(12-2)98-50-28-16-29-51-98)88-116(107-68-46-25-47-69-107)84-112(103-60-38-21-39-61-103)80-95(13-3)99-52-30-17-31-53-99/h15-77,93-96,110-118H,11-14,78-90H2,1-10H3,(H,129,131)(H,130,132). The highest BCUT2D eigenvalue weighted by atomic mass is 16.2. The fraction of sp³-hybridized carbons (Fsp3) is 0.328. The van der Waals surface area contributed by atoms with E-state index >= 15 is 9.59 Å². The number of anilines is 2. The molecule has 0 radical (unpaired) electrons. The highest BCUT2D eigenvalue weighted by molar-refractivity contribution is 6.26. The number of ketones is 2. The molecule has 688 valence electrons. The summed E-state index contributed by atoms with van der Waals surface area (Å²) in [7, 11) is 0. The molecule has 12 atom stereocenters. The van der Waals surface area contributed by atoms with Crippen LogP contribution in [0.2, 0.25) is 0 Å². The minimum Gasteiger partial charge on any atom is -0.326 e. The Kier molecular flexibility index (Phi) is 35.0. The van der Waals surface area contributed by atoms with Gasteiger partial charge < -0.3 is 10.6 Å². The van der Waals surface area contributed by atoms with Crippen LogP contribution in [0.25, 0.3) is 0 Å². The first-order valence-corrected chi connectivity index (χ1v) is 50.1. The molecule has 2 N–H and O–H groups in total. The number of hydrogen-bond donors (Lipinski definition) is 2. The lowest BCUT2D eigenvalue weighted by molar-refractivity contribution is -0.121. The average molecular weight is 1770 g/mol. The third-order valence-electron chi connectivity index (χ3n) is 30.0. The van der Waals surface area contributed by atoms with E-state index in [0.29, 0.717) is 63.3 Å². The molecule has 12 unspecified atom stereocenters. The van der Waals surface area contributed by atoms with Gasteiger partial charge >= 0.3 is 0 Å². The maximum absolute atomic E-state index is 15.3. The van der Waals surface area contributed by atoms with Gasteiger partial charge in [0.25, 0.3) is 0 Å². The SMILES string of the molecule is CCC(CC(CC(CC(CC(CC(CC)c1ccccc1)c1ccccc1)c1ccc(NC(=O)CC(C)(C)C2=C(C)C(=O)C(C(C)(C)CC(=O)Nc3ccc(C(CC(CC(CC(CC)c4ccccc4)c4ccccc4)c4ccccc4)CC(CC(CC(CC)c4ccccc4)c4ccccc4)c4ccccc4)cc3)=C(C)C2=O)cc1)c1ccccc1)c1ccccc1)c1ccccc1. The summed E-state index contributed by atoms with van der Waals surface area (Å²) in [6.07, 6.45) is 14.8. The lowest BCUT2D eigenvalue weighted by atomic mass is 9.66. The molecule has 0 spiro atoms. The van der Waals surface area contributed by atoms with E-state index in [1.54, 1.807) is 13.8 Å². The number of rotatable bonds is 47. The summed E-state index contributed by atoms with van der Waals surface area (Å²) in [6, 6.07) is 140. The fourth-order valence-corrected chi connectivity index (χ4v) is 22.9. The van der Waals surface area contributed by atoms with Crippen molar-refractivity contribution in [3.05, 3.63) is 477 Å². The normalized spacial score (nSPS) is 15.5. The van der Waals surface area contributed by atoms with Crippen molar-refractivity contribution in [3.63, 3.8) is 0 Å². The van der Waals surface area contributed by atoms with Crippen molar-refractivity contribution in [1.29, 1.82) is 0 Å². The lowest BCUT2D eigenvalue weighted by Crippen LogP contribution is -2.37. The Morgan fingerprint density at radius 1 is 0.209 bits per heavy atom. The van der Waals surface area contributed by atoms with Gasteiger partial charge in [-0.05, 0) is 284 Å². The number of carbonyl (C=O) groups excluding carboxylic acids is 4. The fourth-order valence-electron chi connectivity index (χ4n) is 22.9. The maximum Gasteiger partial charge on any atom is 0.225 e. The Morgan fingerprint density at radius 2 is 0.343 bits per heavy atom. The van der Waals surface area contributed by atoms with Crippen LogP contribution in [-0.2, 0) is 19.2 Å². The quantitative estimate of drug-likeness (QED) is 0.0372. The first-order chi connectivity index (χ1) is 65.2. The van der Waals surface area contributed by atoms with Crippen molar-refractivity contribution in [2.45, 2.75) is 255 Å². The van der Waals surface area contributed by atoms with E-state index in [2.05, 4.69) is 421 Å². The molecule has 13 aromatic rings. The van der Waals surface area contributed by atoms with Gasteiger partial charge in [0, 0.05) is 57.3 Å². The van der Waals surface area contributed by atoms with Crippen molar-refractivity contribution in [2.75, 3.05) is 10.6 Å². The summed E-state index contributed by atoms with van der Waals surface area (Å²) in [5.74, 6) is 2.46. The number of hydrogen-bond acceptors (Lipinski definition) is 4. The van der Waals surface area contributed by atoms with Gasteiger partial charge in [-0.25, -0.2) is 0 Å². The van der Waals surface area contributed by atoms with Crippen molar-refractivity contribution < 1.29 is 19.2 Å². The molecule has 0 aliphatic heterocycles. The molecule has 1 aliphatic carbocycles. The van der Waals surface area contributed by atoms with Crippen LogP contribution in [0.5, 0.6) is 0 Å². The first kappa shape index (κ1) is 97.6. The zero-order valence-electron chi connectivity index (χ0n) is 81.0. The maximum atomic E-state index is 15.3. The van der Waals surface area contributed by atoms with Crippen molar-refractivity contribution in [2.24, 2.45) is 10.8 Å². The van der Waals surface area contributed by atoms with Gasteiger partial charge in [0.2, 0.25) is 11.8 Å². The Labute approximate surface area is 802 Å². The van der Waals surface area contributed by atoms with E-state index in [-0.39, 0.29) is 83.6 Å². The molecule has 0 saturated heterocycles. The number of benzene rings is 13. The Balaban J connectivity index is 0.704. The van der Waals surface area contributed by atoms with Crippen molar-refractivity contribution in [3.8, 4) is 0 Å². The van der Waals surface area contributed by atoms with Crippen molar-refractivity contribution in [1.82, 2.24) is 0 Å². The number of amides is 2. The summed E-state index contributed by atoms with van der Waals surface area (Å²) >= 11 is 0. The van der Waals surface area contributed by atoms with Crippen LogP contribution in [0.3, 0.4) is 0 Å². The van der Waals surface area contributed by atoms with Gasteiger partial charge in [-0.3, -0.25) is 19.2 Å². The minimum absolute atomic E-state index is 0.0474. The van der Waals surface area contributed by atoms with E-state index in [0.717, 1.165) is 96.3 Å². The molecule has 0 bridgehead atoms. The second-order valence-corrected chi connectivity index (χ2v) is 39.9. The van der Waals surface area contributed by atoms with E-state index in [1.165, 1.54) is 72.3 Å². The predicted molar refractivity (Wildman–Crippen MR) is 561 cm³/mol. The number of Topliss-reactive ketones (excluding diaryl/α,β-unsaturated/α-hetero) is 2. The van der Waals surface area contributed by atoms with E-state index < -0.39 is 10.8 Å². The van der Waals surface area contributed by atoms with Gasteiger partial charge in [0.1, 0.15) is 0 Å². The molecule has 13 aromatic carbocycles. The van der Waals surface area contributed by atoms with E-state index in [4.69, 9.17) is 0 Å². The van der Waals surface area contributed by atoms with Crippen molar-refractivity contribution >= 4 is 34.8 Å². The second kappa shape index (κ2) is 48.0. The van der Waals surface area contributed by atoms with Crippen LogP contribution in [0.1, 0.15) is 328 Å². The summed E-state index contributed by atoms with van der Waals surface area (Å²) in [4.78, 5) is 60.2. The zero-order valence-corrected chi connectivity index (χ0v) is 81.0. The van der Waals surface area contributed by atoms with Gasteiger partial charge in [-0.1, -0.05) is 413 Å². The summed E-state index contributed by atoms with van der Waals surface area (Å²) in [6.45, 7) is 20.4. The molecule has 14 rings (SSSR count). The molecule has 2 amide bonds. The number of allylic oxidation sites excluding steroid dienone is 4. The molecule has 0 heterocycles. The molecule has 6 heteroatoms. The third kappa shape index (κ3) is 26.2. The summed E-state index contributed by atoms with van der Waals surface area (Å²) in [5, 5.41) is 6.54. The van der Waals surface area contributed by atoms with Gasteiger partial charge in [-0.15, -0.1) is 0 Å². The minimum atomic E-state index is -1.05. The highest BCUT2D eigenvalue weighted by Crippen LogP contribution is 2.52. The molecular formula is C128H142N2O4. The van der Waals surface area contributed by atoms with Crippen LogP contribution in [0, 0.1) is 10.8 Å². The Morgan fingerprint density at radius 3 is 0.493 bits per heavy atom. The Bertz CT molecular complexity index is 5700. The predicted octanol–water partition coefficient (Wildman–Crippen LogP) is 33.6. The van der Waals surface area contributed by atoms with E-state index in [1.807, 2.05) is 27.7 Å². The smallest absolute Gasteiger partial charge is 0.225 e. The van der Waals surface area contributed by atoms with Gasteiger partial charge in [-0.2, -0.15) is 0 Å². The second-order valence-electron chi connectivity index (χ2n) is 39.9. The lowest BCUT2D eigenvalue weighted by Gasteiger charge is -2.36. The molecule has 0 fully saturated rings. The molecule has 0 aromatic heterocycles. The third-order valence-corrected chi connectivity index (χ3v) is 30.0. The van der Waals surface area contributed by atoms with Crippen LogP contribution in [0.15, 0.2) is 404 Å². The van der Waals surface area contributed by atoms with Gasteiger partial charge in [0.05, 0.1) is 0 Å². The molecule has 6 nitrogen and oxygen atoms in total. The van der Waals surface area contributed by atoms with Crippen LogP contribution >= 0.6 is 0 Å². The average Bonchev–Trinajstić information content (AvgIpc) is 0.743. The summed E-state index contributed by atoms with van der Waals surface area (Å²) in [5.41, 5.74) is 18.0. The summed E-state index contributed by atoms with van der Waals surface area (Å²) < 4.78 is 0. The highest BCUT2D eigenvalue weighted by Gasteiger charge is 2.45. The largest absolute Gasteiger partial charge is 0.326 e. The van der Waals surface area contributed by atoms with E-state index in [9.17, 15) is 9.59 Å². The molecular weight excluding hydrogens is 1630 g/mol. The zero-order chi connectivity index (χ0) is 93.8.